The zero-order valence-electron chi connectivity index (χ0n) is 15.1. The molecule has 0 spiro atoms. The number of aromatic nitrogens is 2. The highest BCUT2D eigenvalue weighted by atomic mass is 16.5. The number of carbonyl (C=O) groups excluding carboxylic acids is 1. The van der Waals surface area contributed by atoms with Crippen molar-refractivity contribution in [1.82, 2.24) is 15.5 Å². The van der Waals surface area contributed by atoms with Gasteiger partial charge in [-0.3, -0.25) is 9.89 Å². The molecule has 1 fully saturated rings. The van der Waals surface area contributed by atoms with Crippen molar-refractivity contribution in [3.8, 4) is 17.0 Å². The van der Waals surface area contributed by atoms with Crippen LogP contribution in [0.15, 0.2) is 53.3 Å². The Labute approximate surface area is 157 Å². The average Bonchev–Trinajstić information content (AvgIpc) is 3.41. The average molecular weight is 366 g/mol. The molecule has 1 aliphatic rings. The number of piperidine rings is 1. The first-order chi connectivity index (χ1) is 13.2. The molecule has 7 heteroatoms. The monoisotopic (exact) mass is 366 g/mol. The molecular weight excluding hydrogens is 344 g/mol. The van der Waals surface area contributed by atoms with Gasteiger partial charge in [-0.25, -0.2) is 0 Å². The van der Waals surface area contributed by atoms with Crippen molar-refractivity contribution >= 4 is 11.7 Å². The summed E-state index contributed by atoms with van der Waals surface area (Å²) in [5, 5.41) is 10.6. The van der Waals surface area contributed by atoms with Gasteiger partial charge < -0.3 is 19.4 Å². The van der Waals surface area contributed by atoms with E-state index in [1.807, 2.05) is 24.3 Å². The van der Waals surface area contributed by atoms with Crippen molar-refractivity contribution in [2.24, 2.45) is 0 Å². The molecule has 1 amide bonds. The van der Waals surface area contributed by atoms with Crippen molar-refractivity contribution in [2.75, 3.05) is 25.1 Å². The Balaban J connectivity index is 1.34. The van der Waals surface area contributed by atoms with E-state index in [1.165, 1.54) is 12.5 Å². The molecule has 140 valence electrons. The molecule has 0 saturated carbocycles. The number of benzene rings is 1. The third-order valence-electron chi connectivity index (χ3n) is 4.90. The summed E-state index contributed by atoms with van der Waals surface area (Å²) in [5.41, 5.74) is 2.61. The maximum atomic E-state index is 12.1. The van der Waals surface area contributed by atoms with E-state index >= 15 is 0 Å². The van der Waals surface area contributed by atoms with E-state index in [2.05, 4.69) is 26.5 Å². The third-order valence-corrected chi connectivity index (χ3v) is 4.90. The van der Waals surface area contributed by atoms with Crippen LogP contribution in [0.1, 0.15) is 23.2 Å². The number of ether oxygens (including phenoxy) is 1. The molecule has 2 aromatic heterocycles. The van der Waals surface area contributed by atoms with Gasteiger partial charge in [0.15, 0.2) is 5.82 Å². The van der Waals surface area contributed by atoms with Crippen LogP contribution >= 0.6 is 0 Å². The van der Waals surface area contributed by atoms with Gasteiger partial charge in [-0.1, -0.05) is 0 Å². The summed E-state index contributed by atoms with van der Waals surface area (Å²) in [5.74, 6) is 1.68. The number of furan rings is 1. The Bertz CT molecular complexity index is 878. The van der Waals surface area contributed by atoms with Crippen LogP contribution in [0, 0.1) is 0 Å². The molecule has 1 aliphatic heterocycles. The summed E-state index contributed by atoms with van der Waals surface area (Å²) < 4.78 is 10.2. The van der Waals surface area contributed by atoms with Crippen LogP contribution in [0.25, 0.3) is 11.3 Å². The number of H-pyrrole nitrogens is 1. The fourth-order valence-corrected chi connectivity index (χ4v) is 3.31. The van der Waals surface area contributed by atoms with Gasteiger partial charge in [0.1, 0.15) is 12.0 Å². The molecule has 0 atom stereocenters. The van der Waals surface area contributed by atoms with Crippen LogP contribution in [-0.2, 0) is 0 Å². The van der Waals surface area contributed by atoms with E-state index in [9.17, 15) is 4.79 Å². The number of hydrogen-bond acceptors (Lipinski definition) is 5. The minimum absolute atomic E-state index is 0.0799. The Morgan fingerprint density at radius 2 is 2.04 bits per heavy atom. The van der Waals surface area contributed by atoms with Crippen LogP contribution in [0.5, 0.6) is 5.75 Å². The zero-order valence-corrected chi connectivity index (χ0v) is 15.1. The molecular formula is C20H22N4O3. The molecule has 0 unspecified atom stereocenters. The first-order valence-electron chi connectivity index (χ1n) is 9.01. The minimum Gasteiger partial charge on any atom is -0.497 e. The predicted octanol–water partition coefficient (Wildman–Crippen LogP) is 3.08. The summed E-state index contributed by atoms with van der Waals surface area (Å²) in [4.78, 5) is 14.4. The van der Waals surface area contributed by atoms with E-state index in [1.54, 1.807) is 13.2 Å². The van der Waals surface area contributed by atoms with Crippen molar-refractivity contribution in [3.05, 3.63) is 54.5 Å². The van der Waals surface area contributed by atoms with Crippen molar-refractivity contribution in [2.45, 2.75) is 18.9 Å². The lowest BCUT2D eigenvalue weighted by molar-refractivity contribution is 0.0930. The number of methoxy groups -OCH3 is 1. The van der Waals surface area contributed by atoms with Gasteiger partial charge in [-0.2, -0.15) is 5.10 Å². The lowest BCUT2D eigenvalue weighted by atomic mass is 10.0. The topological polar surface area (TPSA) is 83.4 Å². The standard InChI is InChI=1S/C20H22N4O3/c1-26-17-4-2-14(3-5-17)18-12-19(23-22-18)24-9-6-16(7-10-24)21-20(25)15-8-11-27-13-15/h2-5,8,11-13,16H,6-7,9-10H2,1H3,(H,21,25)(H,22,23). The fraction of sp³-hybridized carbons (Fsp3) is 0.300. The lowest BCUT2D eigenvalue weighted by Gasteiger charge is -2.32. The quantitative estimate of drug-likeness (QED) is 0.725. The van der Waals surface area contributed by atoms with Gasteiger partial charge in [0, 0.05) is 25.2 Å². The van der Waals surface area contributed by atoms with E-state index in [-0.39, 0.29) is 11.9 Å². The Kier molecular flexibility index (Phi) is 4.82. The van der Waals surface area contributed by atoms with Crippen LogP contribution in [0.3, 0.4) is 0 Å². The van der Waals surface area contributed by atoms with Gasteiger partial charge >= 0.3 is 0 Å². The zero-order chi connectivity index (χ0) is 18.6. The Hall–Kier alpha value is -3.22. The summed E-state index contributed by atoms with van der Waals surface area (Å²) in [7, 11) is 1.66. The molecule has 0 aliphatic carbocycles. The smallest absolute Gasteiger partial charge is 0.254 e. The van der Waals surface area contributed by atoms with E-state index in [0.717, 1.165) is 48.8 Å². The second-order valence-electron chi connectivity index (χ2n) is 6.62. The highest BCUT2D eigenvalue weighted by Crippen LogP contribution is 2.25. The first kappa shape index (κ1) is 17.2. The molecule has 3 heterocycles. The van der Waals surface area contributed by atoms with E-state index < -0.39 is 0 Å². The van der Waals surface area contributed by atoms with Crippen molar-refractivity contribution in [1.29, 1.82) is 0 Å². The number of carbonyl (C=O) groups is 1. The Morgan fingerprint density at radius 3 is 2.70 bits per heavy atom. The normalized spacial score (nSPS) is 14.9. The second kappa shape index (κ2) is 7.57. The maximum Gasteiger partial charge on any atom is 0.254 e. The number of rotatable bonds is 5. The van der Waals surface area contributed by atoms with Gasteiger partial charge in [0.2, 0.25) is 0 Å². The largest absolute Gasteiger partial charge is 0.497 e. The van der Waals surface area contributed by atoms with Crippen LogP contribution in [0.4, 0.5) is 5.82 Å². The molecule has 27 heavy (non-hydrogen) atoms. The van der Waals surface area contributed by atoms with Gasteiger partial charge in [-0.15, -0.1) is 0 Å². The first-order valence-corrected chi connectivity index (χ1v) is 9.01. The van der Waals surface area contributed by atoms with Crippen molar-refractivity contribution in [3.63, 3.8) is 0 Å². The number of amides is 1. The molecule has 1 aromatic carbocycles. The highest BCUT2D eigenvalue weighted by Gasteiger charge is 2.23. The van der Waals surface area contributed by atoms with Gasteiger partial charge in [-0.05, 0) is 48.7 Å². The number of anilines is 1. The molecule has 1 saturated heterocycles. The van der Waals surface area contributed by atoms with E-state index in [4.69, 9.17) is 9.15 Å². The summed E-state index contributed by atoms with van der Waals surface area (Å²) in [6.45, 7) is 1.70. The molecule has 4 rings (SSSR count). The predicted molar refractivity (Wildman–Crippen MR) is 102 cm³/mol. The minimum atomic E-state index is -0.0799. The number of nitrogens with one attached hydrogen (secondary N) is 2. The maximum absolute atomic E-state index is 12.1. The second-order valence-corrected chi connectivity index (χ2v) is 6.62. The molecule has 0 radical (unpaired) electrons. The molecule has 0 bridgehead atoms. The number of aromatic amines is 1. The summed E-state index contributed by atoms with van der Waals surface area (Å²) in [6, 6.07) is 11.8. The fourth-order valence-electron chi connectivity index (χ4n) is 3.31. The van der Waals surface area contributed by atoms with E-state index in [0.29, 0.717) is 5.56 Å². The number of nitrogens with zero attached hydrogens (tertiary/aromatic N) is 2. The summed E-state index contributed by atoms with van der Waals surface area (Å²) in [6.07, 6.45) is 4.74. The van der Waals surface area contributed by atoms with Crippen LogP contribution in [0.2, 0.25) is 0 Å². The third kappa shape index (κ3) is 3.81. The van der Waals surface area contributed by atoms with Gasteiger partial charge in [0.25, 0.3) is 5.91 Å². The Morgan fingerprint density at radius 1 is 1.26 bits per heavy atom. The number of hydrogen-bond donors (Lipinski definition) is 2. The van der Waals surface area contributed by atoms with Crippen LogP contribution in [-0.4, -0.2) is 42.3 Å². The van der Waals surface area contributed by atoms with Crippen LogP contribution < -0.4 is 15.0 Å². The highest BCUT2D eigenvalue weighted by molar-refractivity contribution is 5.93. The SMILES string of the molecule is COc1ccc(-c2cc(N3CCC(NC(=O)c4ccoc4)CC3)n[nH]2)cc1. The molecule has 3 aromatic rings. The molecule has 7 nitrogen and oxygen atoms in total. The summed E-state index contributed by atoms with van der Waals surface area (Å²) >= 11 is 0. The molecule has 2 N–H and O–H groups in total. The van der Waals surface area contributed by atoms with Crippen molar-refractivity contribution < 1.29 is 13.9 Å². The van der Waals surface area contributed by atoms with Gasteiger partial charge in [0.05, 0.1) is 24.6 Å². The lowest BCUT2D eigenvalue weighted by Crippen LogP contribution is -2.44.